The van der Waals surface area contributed by atoms with Gasteiger partial charge in [0, 0.05) is 24.1 Å². The number of hydrogen-bond acceptors (Lipinski definition) is 4. The van der Waals surface area contributed by atoms with E-state index in [9.17, 15) is 4.79 Å². The molecule has 4 heteroatoms. The average Bonchev–Trinajstić information content (AvgIpc) is 2.92. The molecule has 0 fully saturated rings. The highest BCUT2D eigenvalue weighted by Crippen LogP contribution is 2.37. The summed E-state index contributed by atoms with van der Waals surface area (Å²) in [4.78, 5) is 17.9. The molecular formula is C19H22N2OS. The fourth-order valence-electron chi connectivity index (χ4n) is 2.97. The van der Waals surface area contributed by atoms with Crippen molar-refractivity contribution in [3.63, 3.8) is 0 Å². The van der Waals surface area contributed by atoms with Gasteiger partial charge in [0.2, 0.25) is 0 Å². The summed E-state index contributed by atoms with van der Waals surface area (Å²) in [5.74, 6) is 1.13. The van der Waals surface area contributed by atoms with Gasteiger partial charge in [0.25, 0.3) is 0 Å². The molecule has 1 aromatic carbocycles. The molecule has 0 spiro atoms. The van der Waals surface area contributed by atoms with Crippen LogP contribution in [0, 0.1) is 5.41 Å². The number of anilines is 1. The number of ketones is 1. The van der Waals surface area contributed by atoms with Crippen LogP contribution in [0.15, 0.2) is 47.1 Å². The summed E-state index contributed by atoms with van der Waals surface area (Å²) in [6.45, 7) is 6.21. The van der Waals surface area contributed by atoms with Gasteiger partial charge in [-0.25, -0.2) is 4.98 Å². The van der Waals surface area contributed by atoms with Gasteiger partial charge < -0.3 is 5.32 Å². The summed E-state index contributed by atoms with van der Waals surface area (Å²) in [5.41, 5.74) is 5.01. The lowest BCUT2D eigenvalue weighted by Crippen LogP contribution is -2.27. The molecule has 0 aliphatic heterocycles. The quantitative estimate of drug-likeness (QED) is 0.877. The lowest BCUT2D eigenvalue weighted by molar-refractivity contribution is -0.118. The molecule has 1 aliphatic carbocycles. The van der Waals surface area contributed by atoms with E-state index in [4.69, 9.17) is 0 Å². The zero-order valence-electron chi connectivity index (χ0n) is 13.8. The molecule has 0 saturated heterocycles. The van der Waals surface area contributed by atoms with Crippen molar-refractivity contribution in [3.8, 4) is 0 Å². The molecule has 1 N–H and O–H groups in total. The highest BCUT2D eigenvalue weighted by molar-refractivity contribution is 7.10. The molecule has 0 unspecified atom stereocenters. The normalized spacial score (nSPS) is 17.4. The highest BCUT2D eigenvalue weighted by Gasteiger charge is 2.31. The van der Waals surface area contributed by atoms with Crippen LogP contribution in [0.3, 0.4) is 0 Å². The maximum absolute atomic E-state index is 12.2. The number of Topliss-reactive ketones (excluding diaryl/α,β-unsaturated/α-hetero) is 1. The van der Waals surface area contributed by atoms with E-state index in [1.165, 1.54) is 10.4 Å². The first-order valence-corrected chi connectivity index (χ1v) is 8.79. The Balaban J connectivity index is 1.83. The Kier molecular flexibility index (Phi) is 4.35. The van der Waals surface area contributed by atoms with Crippen molar-refractivity contribution < 1.29 is 4.79 Å². The van der Waals surface area contributed by atoms with E-state index in [1.54, 1.807) is 11.3 Å². The predicted octanol–water partition coefficient (Wildman–Crippen LogP) is 4.81. The van der Waals surface area contributed by atoms with E-state index in [2.05, 4.69) is 48.4 Å². The molecule has 1 aromatic heterocycles. The summed E-state index contributed by atoms with van der Waals surface area (Å²) in [7, 11) is 0. The highest BCUT2D eigenvalue weighted by atomic mass is 32.1. The van der Waals surface area contributed by atoms with Crippen LogP contribution in [0.2, 0.25) is 0 Å². The van der Waals surface area contributed by atoms with Crippen LogP contribution in [0.1, 0.15) is 44.1 Å². The van der Waals surface area contributed by atoms with E-state index in [1.807, 2.05) is 18.5 Å². The number of nitrogens with one attached hydrogen (secondary N) is 1. The number of aromatic nitrogens is 1. The Hall–Kier alpha value is -1.94. The number of hydrogen-bond donors (Lipinski definition) is 1. The number of rotatable bonds is 4. The molecule has 0 atom stereocenters. The number of carbonyl (C=O) groups is 1. The van der Waals surface area contributed by atoms with E-state index >= 15 is 0 Å². The van der Waals surface area contributed by atoms with Crippen LogP contribution >= 0.6 is 11.3 Å². The first-order valence-electron chi connectivity index (χ1n) is 7.91. The Labute approximate surface area is 141 Å². The third kappa shape index (κ3) is 3.70. The SMILES string of the molecule is CC1=C(Nc2ncsc2Cc2ccccc2)CC(C)(C)CC1=O. The number of nitrogens with zero attached hydrogens (tertiary/aromatic N) is 1. The van der Waals surface area contributed by atoms with Crippen LogP contribution in [0.4, 0.5) is 5.82 Å². The average molecular weight is 326 g/mol. The summed E-state index contributed by atoms with van der Waals surface area (Å²) in [5, 5.41) is 3.44. The number of allylic oxidation sites excluding steroid dienone is 2. The maximum Gasteiger partial charge on any atom is 0.160 e. The van der Waals surface area contributed by atoms with Crippen LogP contribution in [-0.4, -0.2) is 10.8 Å². The Bertz CT molecular complexity index is 744. The molecule has 0 bridgehead atoms. The lowest BCUT2D eigenvalue weighted by atomic mass is 9.76. The van der Waals surface area contributed by atoms with Crippen molar-refractivity contribution in [1.82, 2.24) is 4.98 Å². The van der Waals surface area contributed by atoms with Gasteiger partial charge in [-0.15, -0.1) is 11.3 Å². The van der Waals surface area contributed by atoms with Crippen LogP contribution in [0.5, 0.6) is 0 Å². The maximum atomic E-state index is 12.2. The van der Waals surface area contributed by atoms with Gasteiger partial charge in [-0.1, -0.05) is 44.2 Å². The zero-order chi connectivity index (χ0) is 16.4. The predicted molar refractivity (Wildman–Crippen MR) is 95.7 cm³/mol. The molecule has 0 radical (unpaired) electrons. The second-order valence-corrected chi connectivity index (χ2v) is 7.90. The Morgan fingerprint density at radius 1 is 1.22 bits per heavy atom. The van der Waals surface area contributed by atoms with E-state index in [-0.39, 0.29) is 11.2 Å². The largest absolute Gasteiger partial charge is 0.342 e. The van der Waals surface area contributed by atoms with Crippen LogP contribution < -0.4 is 5.32 Å². The minimum absolute atomic E-state index is 0.00847. The number of carbonyl (C=O) groups excluding carboxylic acids is 1. The first kappa shape index (κ1) is 15.9. The minimum atomic E-state index is 0.00847. The van der Waals surface area contributed by atoms with Crippen molar-refractivity contribution in [3.05, 3.63) is 57.6 Å². The summed E-state index contributed by atoms with van der Waals surface area (Å²) in [6, 6.07) is 10.4. The minimum Gasteiger partial charge on any atom is -0.342 e. The number of benzene rings is 1. The lowest BCUT2D eigenvalue weighted by Gasteiger charge is -2.31. The van der Waals surface area contributed by atoms with Crippen LogP contribution in [0.25, 0.3) is 0 Å². The second kappa shape index (κ2) is 6.28. The first-order chi connectivity index (χ1) is 10.9. The second-order valence-electron chi connectivity index (χ2n) is 6.96. The van der Waals surface area contributed by atoms with Crippen molar-refractivity contribution >= 4 is 22.9 Å². The molecule has 1 aliphatic rings. The molecule has 2 aromatic rings. The van der Waals surface area contributed by atoms with Crippen molar-refractivity contribution in [2.45, 2.75) is 40.0 Å². The summed E-state index contributed by atoms with van der Waals surface area (Å²) in [6.07, 6.45) is 2.36. The summed E-state index contributed by atoms with van der Waals surface area (Å²) >= 11 is 1.65. The molecule has 1 heterocycles. The smallest absolute Gasteiger partial charge is 0.160 e. The molecule has 23 heavy (non-hydrogen) atoms. The van der Waals surface area contributed by atoms with Gasteiger partial charge in [0.1, 0.15) is 5.82 Å². The molecule has 120 valence electrons. The third-order valence-electron chi connectivity index (χ3n) is 4.28. The zero-order valence-corrected chi connectivity index (χ0v) is 14.7. The molecule has 0 saturated carbocycles. The van der Waals surface area contributed by atoms with Gasteiger partial charge in [-0.2, -0.15) is 0 Å². The molecule has 3 rings (SSSR count). The monoisotopic (exact) mass is 326 g/mol. The van der Waals surface area contributed by atoms with Crippen molar-refractivity contribution in [2.24, 2.45) is 5.41 Å². The van der Waals surface area contributed by atoms with Gasteiger partial charge in [0.15, 0.2) is 5.78 Å². The van der Waals surface area contributed by atoms with E-state index in [0.717, 1.165) is 29.9 Å². The standard InChI is InChI=1S/C19H22N2OS/c1-13-15(10-19(2,3)11-16(13)22)21-18-17(23-12-20-18)9-14-7-5-4-6-8-14/h4-8,12,21H,9-11H2,1-3H3. The molecule has 0 amide bonds. The van der Waals surface area contributed by atoms with E-state index < -0.39 is 0 Å². The molecule has 3 nitrogen and oxygen atoms in total. The fraction of sp³-hybridized carbons (Fsp3) is 0.368. The topological polar surface area (TPSA) is 42.0 Å². The van der Waals surface area contributed by atoms with Gasteiger partial charge in [-0.3, -0.25) is 4.79 Å². The Morgan fingerprint density at radius 2 is 1.96 bits per heavy atom. The molecular weight excluding hydrogens is 304 g/mol. The third-order valence-corrected chi connectivity index (χ3v) is 5.12. The fourth-order valence-corrected chi connectivity index (χ4v) is 3.72. The number of thiazole rings is 1. The van der Waals surface area contributed by atoms with Gasteiger partial charge in [0.05, 0.1) is 10.4 Å². The van der Waals surface area contributed by atoms with Gasteiger partial charge >= 0.3 is 0 Å². The summed E-state index contributed by atoms with van der Waals surface area (Å²) < 4.78 is 0. The Morgan fingerprint density at radius 3 is 2.70 bits per heavy atom. The van der Waals surface area contributed by atoms with Crippen molar-refractivity contribution in [2.75, 3.05) is 5.32 Å². The van der Waals surface area contributed by atoms with Crippen molar-refractivity contribution in [1.29, 1.82) is 0 Å². The van der Waals surface area contributed by atoms with Crippen LogP contribution in [-0.2, 0) is 11.2 Å². The van der Waals surface area contributed by atoms with E-state index in [0.29, 0.717) is 6.42 Å². The van der Waals surface area contributed by atoms with Gasteiger partial charge in [-0.05, 0) is 24.3 Å².